The Morgan fingerprint density at radius 2 is 2.08 bits per heavy atom. The van der Waals surface area contributed by atoms with Crippen LogP contribution in [-0.2, 0) is 9.53 Å². The predicted molar refractivity (Wildman–Crippen MR) is 85.1 cm³/mol. The third-order valence-corrected chi connectivity index (χ3v) is 3.44. The van der Waals surface area contributed by atoms with Gasteiger partial charge in [-0.05, 0) is 23.8 Å². The lowest BCUT2D eigenvalue weighted by molar-refractivity contribution is -0.130. The van der Waals surface area contributed by atoms with E-state index in [-0.39, 0.29) is 18.1 Å². The Morgan fingerprint density at radius 3 is 2.71 bits per heavy atom. The number of rotatable bonds is 5. The summed E-state index contributed by atoms with van der Waals surface area (Å²) in [6, 6.07) is 8.81. The smallest absolute Gasteiger partial charge is 0.264 e. The summed E-state index contributed by atoms with van der Waals surface area (Å²) in [6.07, 6.45) is 1.51. The SMILES string of the molecule is COc1cc(/C=C(/C#N)C(=O)N2CCOCC2)ccc1OCC#N. The first-order valence-electron chi connectivity index (χ1n) is 7.36. The summed E-state index contributed by atoms with van der Waals surface area (Å²) in [7, 11) is 1.48. The first-order valence-corrected chi connectivity index (χ1v) is 7.36. The molecule has 1 aliphatic rings. The highest BCUT2D eigenvalue weighted by atomic mass is 16.5. The van der Waals surface area contributed by atoms with Gasteiger partial charge in [-0.1, -0.05) is 6.07 Å². The number of benzene rings is 1. The molecule has 0 radical (unpaired) electrons. The molecule has 1 amide bonds. The van der Waals surface area contributed by atoms with Gasteiger partial charge >= 0.3 is 0 Å². The molecule has 0 aromatic heterocycles. The van der Waals surface area contributed by atoms with Gasteiger partial charge in [-0.15, -0.1) is 0 Å². The fourth-order valence-electron chi connectivity index (χ4n) is 2.25. The van der Waals surface area contributed by atoms with Crippen molar-refractivity contribution in [2.75, 3.05) is 40.0 Å². The second-order valence-electron chi connectivity index (χ2n) is 4.93. The second-order valence-corrected chi connectivity index (χ2v) is 4.93. The highest BCUT2D eigenvalue weighted by Gasteiger charge is 2.20. The quantitative estimate of drug-likeness (QED) is 0.598. The second kappa shape index (κ2) is 8.56. The first-order chi connectivity index (χ1) is 11.7. The monoisotopic (exact) mass is 327 g/mol. The van der Waals surface area contributed by atoms with Crippen LogP contribution in [0.1, 0.15) is 5.56 Å². The molecule has 0 unspecified atom stereocenters. The normalized spacial score (nSPS) is 14.5. The molecule has 0 saturated carbocycles. The zero-order valence-electron chi connectivity index (χ0n) is 13.3. The van der Waals surface area contributed by atoms with Crippen molar-refractivity contribution in [3.63, 3.8) is 0 Å². The van der Waals surface area contributed by atoms with Crippen molar-refractivity contribution >= 4 is 12.0 Å². The summed E-state index contributed by atoms with van der Waals surface area (Å²) >= 11 is 0. The van der Waals surface area contributed by atoms with Crippen LogP contribution in [0.5, 0.6) is 11.5 Å². The first kappa shape index (κ1) is 17.3. The lowest BCUT2D eigenvalue weighted by Gasteiger charge is -2.26. The van der Waals surface area contributed by atoms with Gasteiger partial charge in [0.1, 0.15) is 17.7 Å². The molecule has 7 heteroatoms. The van der Waals surface area contributed by atoms with Crippen LogP contribution in [-0.4, -0.2) is 50.8 Å². The fourth-order valence-corrected chi connectivity index (χ4v) is 2.25. The molecule has 0 aliphatic carbocycles. The van der Waals surface area contributed by atoms with Crippen LogP contribution >= 0.6 is 0 Å². The summed E-state index contributed by atoms with van der Waals surface area (Å²) < 4.78 is 15.7. The molecule has 1 fully saturated rings. The molecule has 1 saturated heterocycles. The van der Waals surface area contributed by atoms with Crippen LogP contribution in [0.3, 0.4) is 0 Å². The third-order valence-electron chi connectivity index (χ3n) is 3.44. The Bertz CT molecular complexity index is 710. The van der Waals surface area contributed by atoms with Gasteiger partial charge in [0.2, 0.25) is 0 Å². The topological polar surface area (TPSA) is 95.6 Å². The minimum atomic E-state index is -0.315. The lowest BCUT2D eigenvalue weighted by Crippen LogP contribution is -2.41. The molecule has 1 aliphatic heterocycles. The average molecular weight is 327 g/mol. The molecule has 1 aromatic carbocycles. The Morgan fingerprint density at radius 1 is 1.33 bits per heavy atom. The van der Waals surface area contributed by atoms with E-state index in [2.05, 4.69) is 0 Å². The van der Waals surface area contributed by atoms with Gasteiger partial charge < -0.3 is 19.1 Å². The van der Waals surface area contributed by atoms with Crippen molar-refractivity contribution in [1.82, 2.24) is 4.90 Å². The van der Waals surface area contributed by atoms with Gasteiger partial charge in [-0.2, -0.15) is 10.5 Å². The Balaban J connectivity index is 2.22. The maximum absolute atomic E-state index is 12.4. The van der Waals surface area contributed by atoms with Crippen LogP contribution in [0.4, 0.5) is 0 Å². The molecule has 24 heavy (non-hydrogen) atoms. The van der Waals surface area contributed by atoms with Crippen LogP contribution in [0.25, 0.3) is 6.08 Å². The maximum Gasteiger partial charge on any atom is 0.264 e. The Kier molecular flexibility index (Phi) is 6.18. The molecule has 0 spiro atoms. The molecule has 1 aromatic rings. The van der Waals surface area contributed by atoms with Crippen LogP contribution < -0.4 is 9.47 Å². The van der Waals surface area contributed by atoms with Crippen LogP contribution in [0, 0.1) is 22.7 Å². The van der Waals surface area contributed by atoms with Crippen molar-refractivity contribution in [3.8, 4) is 23.6 Å². The van der Waals surface area contributed by atoms with E-state index in [1.807, 2.05) is 12.1 Å². The van der Waals surface area contributed by atoms with Gasteiger partial charge in [0.25, 0.3) is 5.91 Å². The third kappa shape index (κ3) is 4.25. The van der Waals surface area contributed by atoms with E-state index in [4.69, 9.17) is 19.5 Å². The van der Waals surface area contributed by atoms with Gasteiger partial charge in [0.15, 0.2) is 18.1 Å². The Hall–Kier alpha value is -3.03. The number of amides is 1. The molecule has 0 atom stereocenters. The van der Waals surface area contributed by atoms with Crippen LogP contribution in [0.15, 0.2) is 23.8 Å². The minimum Gasteiger partial charge on any atom is -0.493 e. The highest BCUT2D eigenvalue weighted by molar-refractivity contribution is 6.01. The molecular weight excluding hydrogens is 310 g/mol. The standard InChI is InChI=1S/C17H17N3O4/c1-22-16-11-13(2-3-15(16)24-7-4-18)10-14(12-19)17(21)20-5-8-23-9-6-20/h2-3,10-11H,5-9H2,1H3/b14-10-. The number of carbonyl (C=O) groups is 1. The summed E-state index contributed by atoms with van der Waals surface area (Å²) in [6.45, 7) is 1.81. The Labute approximate surface area is 140 Å². The summed E-state index contributed by atoms with van der Waals surface area (Å²) in [4.78, 5) is 14.0. The van der Waals surface area contributed by atoms with E-state index in [9.17, 15) is 10.1 Å². The van der Waals surface area contributed by atoms with E-state index in [1.165, 1.54) is 13.2 Å². The number of hydrogen-bond donors (Lipinski definition) is 0. The number of nitrogens with zero attached hydrogens (tertiary/aromatic N) is 3. The zero-order valence-corrected chi connectivity index (χ0v) is 13.3. The lowest BCUT2D eigenvalue weighted by atomic mass is 10.1. The number of nitriles is 2. The average Bonchev–Trinajstić information content (AvgIpc) is 2.64. The zero-order chi connectivity index (χ0) is 17.4. The summed E-state index contributed by atoms with van der Waals surface area (Å²) in [5.74, 6) is 0.536. The fraction of sp³-hybridized carbons (Fsp3) is 0.353. The van der Waals surface area contributed by atoms with Crippen molar-refractivity contribution in [3.05, 3.63) is 29.3 Å². The van der Waals surface area contributed by atoms with Crippen molar-refractivity contribution in [1.29, 1.82) is 10.5 Å². The number of ether oxygens (including phenoxy) is 3. The molecule has 2 rings (SSSR count). The van der Waals surface area contributed by atoms with E-state index >= 15 is 0 Å². The molecule has 0 bridgehead atoms. The van der Waals surface area contributed by atoms with Crippen molar-refractivity contribution < 1.29 is 19.0 Å². The van der Waals surface area contributed by atoms with Gasteiger partial charge in [0, 0.05) is 13.1 Å². The summed E-state index contributed by atoms with van der Waals surface area (Å²) in [5.41, 5.74) is 0.680. The maximum atomic E-state index is 12.4. The van der Waals surface area contributed by atoms with E-state index < -0.39 is 0 Å². The van der Waals surface area contributed by atoms with E-state index in [0.717, 1.165) is 0 Å². The molecule has 0 N–H and O–H groups in total. The van der Waals surface area contributed by atoms with E-state index in [1.54, 1.807) is 23.1 Å². The van der Waals surface area contributed by atoms with Crippen molar-refractivity contribution in [2.45, 2.75) is 0 Å². The van der Waals surface area contributed by atoms with Crippen LogP contribution in [0.2, 0.25) is 0 Å². The number of morpholine rings is 1. The minimum absolute atomic E-state index is 0.0460. The van der Waals surface area contributed by atoms with Crippen molar-refractivity contribution in [2.24, 2.45) is 0 Å². The number of carbonyl (C=O) groups excluding carboxylic acids is 1. The summed E-state index contributed by atoms with van der Waals surface area (Å²) in [5, 5.41) is 17.9. The molecule has 7 nitrogen and oxygen atoms in total. The predicted octanol–water partition coefficient (Wildman–Crippen LogP) is 1.36. The highest BCUT2D eigenvalue weighted by Crippen LogP contribution is 2.29. The number of hydrogen-bond acceptors (Lipinski definition) is 6. The molecule has 1 heterocycles. The number of methoxy groups -OCH3 is 1. The van der Waals surface area contributed by atoms with Gasteiger partial charge in [-0.3, -0.25) is 4.79 Å². The molecular formula is C17H17N3O4. The van der Waals surface area contributed by atoms with E-state index in [0.29, 0.717) is 43.4 Å². The van der Waals surface area contributed by atoms with Gasteiger partial charge in [0.05, 0.1) is 20.3 Å². The molecule has 124 valence electrons. The van der Waals surface area contributed by atoms with Gasteiger partial charge in [-0.25, -0.2) is 0 Å². The largest absolute Gasteiger partial charge is 0.493 e.